The Morgan fingerprint density at radius 2 is 2.00 bits per heavy atom. The second-order valence-electron chi connectivity index (χ2n) is 8.48. The number of carboxylic acids is 1. The average molecular weight is 401 g/mol. The van der Waals surface area contributed by atoms with Crippen LogP contribution >= 0.6 is 11.6 Å². The van der Waals surface area contributed by atoms with Crippen LogP contribution in [0.2, 0.25) is 0 Å². The lowest BCUT2D eigenvalue weighted by molar-refractivity contribution is -0.137. The summed E-state index contributed by atoms with van der Waals surface area (Å²) >= 11 is 6.46. The zero-order valence-electron chi connectivity index (χ0n) is 17.0. The third kappa shape index (κ3) is 8.37. The molecule has 1 fully saturated rings. The molecule has 5 heteroatoms. The summed E-state index contributed by atoms with van der Waals surface area (Å²) in [5, 5.41) is 29.5. The van der Waals surface area contributed by atoms with Crippen molar-refractivity contribution in [1.29, 1.82) is 0 Å². The lowest BCUT2D eigenvalue weighted by Crippen LogP contribution is -2.28. The summed E-state index contributed by atoms with van der Waals surface area (Å²) in [4.78, 5) is 10.5. The Labute approximate surface area is 169 Å². The van der Waals surface area contributed by atoms with E-state index in [1.54, 1.807) is 0 Å². The van der Waals surface area contributed by atoms with Crippen molar-refractivity contribution in [2.45, 2.75) is 89.7 Å². The van der Waals surface area contributed by atoms with Gasteiger partial charge in [-0.2, -0.15) is 0 Å². The number of aliphatic hydroxyl groups is 2. The van der Waals surface area contributed by atoms with Crippen molar-refractivity contribution in [3.8, 4) is 0 Å². The van der Waals surface area contributed by atoms with Crippen LogP contribution in [0.5, 0.6) is 0 Å². The van der Waals surface area contributed by atoms with E-state index in [2.05, 4.69) is 20.8 Å². The first-order valence-corrected chi connectivity index (χ1v) is 10.7. The second kappa shape index (κ2) is 11.9. The van der Waals surface area contributed by atoms with Crippen molar-refractivity contribution in [2.24, 2.45) is 17.3 Å². The molecule has 5 atom stereocenters. The Hall–Kier alpha value is -0.840. The zero-order valence-corrected chi connectivity index (χ0v) is 17.7. The molecule has 0 spiro atoms. The molecule has 1 aliphatic carbocycles. The fraction of sp³-hybridized carbons (Fsp3) is 0.773. The maximum Gasteiger partial charge on any atom is 0.303 e. The third-order valence-corrected chi connectivity index (χ3v) is 6.20. The van der Waals surface area contributed by atoms with E-state index in [0.29, 0.717) is 12.8 Å². The van der Waals surface area contributed by atoms with Gasteiger partial charge < -0.3 is 15.3 Å². The van der Waals surface area contributed by atoms with E-state index < -0.39 is 18.2 Å². The summed E-state index contributed by atoms with van der Waals surface area (Å²) < 4.78 is 0. The zero-order chi connectivity index (χ0) is 20.4. The van der Waals surface area contributed by atoms with E-state index in [1.807, 2.05) is 24.3 Å². The number of rotatable bonds is 12. The van der Waals surface area contributed by atoms with Crippen LogP contribution in [0.15, 0.2) is 24.3 Å². The highest BCUT2D eigenvalue weighted by Gasteiger charge is 2.39. The fourth-order valence-corrected chi connectivity index (χ4v) is 4.13. The maximum atomic E-state index is 10.6. The van der Waals surface area contributed by atoms with Crippen LogP contribution in [0.3, 0.4) is 0 Å². The van der Waals surface area contributed by atoms with Crippen LogP contribution in [0, 0.1) is 17.3 Å². The highest BCUT2D eigenvalue weighted by atomic mass is 35.5. The van der Waals surface area contributed by atoms with Crippen molar-refractivity contribution in [1.82, 2.24) is 0 Å². The Balaban J connectivity index is 2.62. The van der Waals surface area contributed by atoms with Gasteiger partial charge in [-0.05, 0) is 43.4 Å². The first kappa shape index (κ1) is 24.2. The monoisotopic (exact) mass is 400 g/mol. The predicted molar refractivity (Wildman–Crippen MR) is 111 cm³/mol. The third-order valence-electron chi connectivity index (χ3n) is 5.70. The van der Waals surface area contributed by atoms with Gasteiger partial charge in [0.25, 0.3) is 0 Å². The van der Waals surface area contributed by atoms with Gasteiger partial charge in [-0.1, -0.05) is 57.9 Å². The molecule has 0 radical (unpaired) electrons. The predicted octanol–water partition coefficient (Wildman–Crippen LogP) is 4.93. The second-order valence-corrected chi connectivity index (χ2v) is 9.04. The SMILES string of the molecule is CCCCC(C)(C)[C@H](O)C=C[C@@H]1[C@@H](CC=CCCCC(=O)O)[C@H](Cl)C[C@H]1O. The number of aliphatic hydroxyl groups excluding tert-OH is 2. The topological polar surface area (TPSA) is 77.8 Å². The molecular formula is C22H37ClO4. The van der Waals surface area contributed by atoms with Crippen LogP contribution in [0.25, 0.3) is 0 Å². The lowest BCUT2D eigenvalue weighted by atomic mass is 9.80. The molecule has 0 amide bonds. The number of hydrogen-bond donors (Lipinski definition) is 3. The minimum atomic E-state index is -0.770. The number of carbonyl (C=O) groups is 1. The highest BCUT2D eigenvalue weighted by molar-refractivity contribution is 6.21. The largest absolute Gasteiger partial charge is 0.481 e. The molecule has 0 aromatic heterocycles. The number of hydrogen-bond acceptors (Lipinski definition) is 3. The first-order valence-electron chi connectivity index (χ1n) is 10.2. The van der Waals surface area contributed by atoms with Crippen molar-refractivity contribution in [2.75, 3.05) is 0 Å². The van der Waals surface area contributed by atoms with E-state index in [4.69, 9.17) is 16.7 Å². The summed E-state index contributed by atoms with van der Waals surface area (Å²) in [5.74, 6) is -0.707. The van der Waals surface area contributed by atoms with Crippen LogP contribution in [-0.4, -0.2) is 38.9 Å². The number of unbranched alkanes of at least 4 members (excludes halogenated alkanes) is 2. The van der Waals surface area contributed by atoms with Crippen LogP contribution < -0.4 is 0 Å². The molecule has 156 valence electrons. The van der Waals surface area contributed by atoms with Crippen molar-refractivity contribution >= 4 is 17.6 Å². The molecule has 27 heavy (non-hydrogen) atoms. The van der Waals surface area contributed by atoms with Crippen molar-refractivity contribution in [3.05, 3.63) is 24.3 Å². The quantitative estimate of drug-likeness (QED) is 0.246. The number of allylic oxidation sites excluding steroid dienone is 2. The lowest BCUT2D eigenvalue weighted by Gasteiger charge is -2.29. The highest BCUT2D eigenvalue weighted by Crippen LogP contribution is 2.40. The van der Waals surface area contributed by atoms with Gasteiger partial charge >= 0.3 is 5.97 Å². The summed E-state index contributed by atoms with van der Waals surface area (Å²) in [6, 6.07) is 0. The molecule has 0 unspecified atom stereocenters. The first-order chi connectivity index (χ1) is 12.7. The number of halogens is 1. The Morgan fingerprint density at radius 1 is 1.30 bits per heavy atom. The normalized spacial score (nSPS) is 27.6. The van der Waals surface area contributed by atoms with Gasteiger partial charge in [0.15, 0.2) is 0 Å². The van der Waals surface area contributed by atoms with E-state index in [-0.39, 0.29) is 29.0 Å². The minimum Gasteiger partial charge on any atom is -0.481 e. The molecule has 4 nitrogen and oxygen atoms in total. The minimum absolute atomic E-state index is 0.0622. The maximum absolute atomic E-state index is 10.6. The number of aliphatic carboxylic acids is 1. The van der Waals surface area contributed by atoms with Gasteiger partial charge in [0, 0.05) is 17.7 Å². The summed E-state index contributed by atoms with van der Waals surface area (Å²) in [5.41, 5.74) is -0.185. The van der Waals surface area contributed by atoms with E-state index in [1.165, 1.54) is 0 Å². The van der Waals surface area contributed by atoms with E-state index in [0.717, 1.165) is 32.1 Å². The van der Waals surface area contributed by atoms with Crippen LogP contribution in [0.1, 0.15) is 72.1 Å². The molecule has 3 N–H and O–H groups in total. The van der Waals surface area contributed by atoms with Gasteiger partial charge in [-0.3, -0.25) is 4.79 Å². The number of carboxylic acid groups (broad SMARTS) is 1. The average Bonchev–Trinajstić information content (AvgIpc) is 2.86. The molecule has 1 saturated carbocycles. The van der Waals surface area contributed by atoms with Crippen molar-refractivity contribution < 1.29 is 20.1 Å². The van der Waals surface area contributed by atoms with Crippen LogP contribution in [0.4, 0.5) is 0 Å². The number of alkyl halides is 1. The molecule has 1 aliphatic rings. The summed E-state index contributed by atoms with van der Waals surface area (Å²) in [6.45, 7) is 6.29. The Morgan fingerprint density at radius 3 is 2.63 bits per heavy atom. The molecule has 0 aromatic carbocycles. The van der Waals surface area contributed by atoms with Gasteiger partial charge in [0.2, 0.25) is 0 Å². The molecule has 0 aliphatic heterocycles. The van der Waals surface area contributed by atoms with E-state index in [9.17, 15) is 15.0 Å². The Kier molecular flexibility index (Phi) is 10.6. The molecule has 0 saturated heterocycles. The van der Waals surface area contributed by atoms with Gasteiger partial charge in [0.05, 0.1) is 12.2 Å². The van der Waals surface area contributed by atoms with Crippen molar-refractivity contribution in [3.63, 3.8) is 0 Å². The summed E-state index contributed by atoms with van der Waals surface area (Å²) in [7, 11) is 0. The van der Waals surface area contributed by atoms with Crippen LogP contribution in [-0.2, 0) is 4.79 Å². The smallest absolute Gasteiger partial charge is 0.303 e. The molecule has 0 bridgehead atoms. The van der Waals surface area contributed by atoms with E-state index >= 15 is 0 Å². The standard InChI is InChI=1S/C22H37ClO4/c1-4-5-14-22(2,3)20(25)13-12-17-16(18(23)15-19(17)24)10-8-6-7-9-11-21(26)27/h6,8,12-13,16-20,24-25H,4-5,7,9-11,14-15H2,1-3H3,(H,26,27)/t16-,17-,18-,19-,20-/m1/s1. The van der Waals surface area contributed by atoms with Gasteiger partial charge in [0.1, 0.15) is 0 Å². The summed E-state index contributed by atoms with van der Waals surface area (Å²) in [6.07, 6.45) is 12.8. The molecule has 0 aromatic rings. The fourth-order valence-electron chi connectivity index (χ4n) is 3.68. The molecule has 0 heterocycles. The van der Waals surface area contributed by atoms with Gasteiger partial charge in [-0.15, -0.1) is 11.6 Å². The molecular weight excluding hydrogens is 364 g/mol. The van der Waals surface area contributed by atoms with Gasteiger partial charge in [-0.25, -0.2) is 0 Å². The molecule has 1 rings (SSSR count). The Bertz CT molecular complexity index is 501.